The zero-order valence-corrected chi connectivity index (χ0v) is 9.57. The van der Waals surface area contributed by atoms with Gasteiger partial charge in [0.15, 0.2) is 6.20 Å². The van der Waals surface area contributed by atoms with Crippen molar-refractivity contribution in [2.24, 2.45) is 7.05 Å². The molecule has 0 atom stereocenters. The highest BCUT2D eigenvalue weighted by Crippen LogP contribution is 2.22. The van der Waals surface area contributed by atoms with Crippen molar-refractivity contribution < 1.29 is 4.57 Å². The number of halogens is 1. The minimum atomic E-state index is 0.531. The molecular weight excluding hydrogens is 220 g/mol. The lowest BCUT2D eigenvalue weighted by Crippen LogP contribution is -2.28. The van der Waals surface area contributed by atoms with Gasteiger partial charge in [-0.15, -0.1) is 0 Å². The van der Waals surface area contributed by atoms with Crippen molar-refractivity contribution >= 4 is 33.4 Å². The summed E-state index contributed by atoms with van der Waals surface area (Å²) in [5, 5.41) is 2.81. The molecule has 0 aliphatic carbocycles. The summed E-state index contributed by atoms with van der Waals surface area (Å²) in [5.41, 5.74) is 2.07. The van der Waals surface area contributed by atoms with E-state index in [4.69, 9.17) is 11.6 Å². The van der Waals surface area contributed by atoms with Crippen molar-refractivity contribution in [3.8, 4) is 0 Å². The average Bonchev–Trinajstić information content (AvgIpc) is 2.28. The number of fused-ring (bicyclic) bond motifs is 3. The van der Waals surface area contributed by atoms with Crippen LogP contribution < -0.4 is 4.57 Å². The first kappa shape index (κ1) is 9.55. The number of aryl methyl sites for hydroxylation is 1. The van der Waals surface area contributed by atoms with Gasteiger partial charge in [0.05, 0.1) is 0 Å². The lowest BCUT2D eigenvalue weighted by molar-refractivity contribution is -0.644. The smallest absolute Gasteiger partial charge is 0.229 e. The molecule has 0 amide bonds. The minimum absolute atomic E-state index is 0.531. The number of hydrogen-bond acceptors (Lipinski definition) is 1. The van der Waals surface area contributed by atoms with Gasteiger partial charge in [-0.1, -0.05) is 17.7 Å². The van der Waals surface area contributed by atoms with Crippen LogP contribution in [0.1, 0.15) is 0 Å². The molecule has 3 rings (SSSR count). The van der Waals surface area contributed by atoms with E-state index < -0.39 is 0 Å². The highest BCUT2D eigenvalue weighted by Gasteiger charge is 2.10. The van der Waals surface area contributed by atoms with Crippen molar-refractivity contribution in [2.75, 3.05) is 0 Å². The van der Waals surface area contributed by atoms with Crippen molar-refractivity contribution in [1.82, 2.24) is 4.98 Å². The van der Waals surface area contributed by atoms with Gasteiger partial charge in [0.1, 0.15) is 17.7 Å². The Morgan fingerprint density at radius 3 is 2.69 bits per heavy atom. The zero-order chi connectivity index (χ0) is 11.1. The molecule has 0 unspecified atom stereocenters. The Balaban J connectivity index is 2.61. The number of rotatable bonds is 0. The molecule has 0 aliphatic rings. The number of benzene rings is 1. The SMILES string of the molecule is C[n+]1cccc2ccc3ccc(Cl)nc3c21. The maximum Gasteiger partial charge on any atom is 0.238 e. The second kappa shape index (κ2) is 3.42. The fourth-order valence-electron chi connectivity index (χ4n) is 2.02. The minimum Gasteiger partial charge on any atom is -0.229 e. The summed E-state index contributed by atoms with van der Waals surface area (Å²) in [6.45, 7) is 0. The molecule has 0 N–H and O–H groups in total. The standard InChI is InChI=1S/C13H10ClN2/c1-16-8-2-3-10-5-4-9-6-7-11(14)15-12(9)13(10)16/h2-8H,1H3/q+1. The lowest BCUT2D eigenvalue weighted by Gasteiger charge is -2.01. The van der Waals surface area contributed by atoms with Crippen LogP contribution in [0.4, 0.5) is 0 Å². The fourth-order valence-corrected chi connectivity index (χ4v) is 2.17. The maximum absolute atomic E-state index is 5.95. The third-order valence-electron chi connectivity index (χ3n) is 2.77. The van der Waals surface area contributed by atoms with Crippen LogP contribution in [0.2, 0.25) is 5.15 Å². The van der Waals surface area contributed by atoms with Gasteiger partial charge in [-0.3, -0.25) is 0 Å². The first-order chi connectivity index (χ1) is 7.75. The summed E-state index contributed by atoms with van der Waals surface area (Å²) < 4.78 is 2.07. The van der Waals surface area contributed by atoms with Crippen LogP contribution in [0.15, 0.2) is 42.6 Å². The van der Waals surface area contributed by atoms with Crippen LogP contribution in [-0.4, -0.2) is 4.98 Å². The molecule has 2 nitrogen and oxygen atoms in total. The molecule has 2 aromatic heterocycles. The van der Waals surface area contributed by atoms with Crippen LogP contribution in [0.5, 0.6) is 0 Å². The van der Waals surface area contributed by atoms with E-state index in [2.05, 4.69) is 27.8 Å². The van der Waals surface area contributed by atoms with E-state index in [9.17, 15) is 0 Å². The van der Waals surface area contributed by atoms with Gasteiger partial charge in [-0.2, -0.15) is 4.57 Å². The zero-order valence-electron chi connectivity index (χ0n) is 8.81. The molecule has 78 valence electrons. The van der Waals surface area contributed by atoms with Crippen molar-refractivity contribution in [1.29, 1.82) is 0 Å². The number of pyridine rings is 2. The monoisotopic (exact) mass is 229 g/mol. The van der Waals surface area contributed by atoms with Crippen LogP contribution in [-0.2, 0) is 7.05 Å². The Hall–Kier alpha value is -1.67. The van der Waals surface area contributed by atoms with E-state index in [0.29, 0.717) is 5.15 Å². The molecule has 0 aliphatic heterocycles. The summed E-state index contributed by atoms with van der Waals surface area (Å²) in [6, 6.07) is 12.1. The highest BCUT2D eigenvalue weighted by atomic mass is 35.5. The van der Waals surface area contributed by atoms with Gasteiger partial charge < -0.3 is 0 Å². The summed E-state index contributed by atoms with van der Waals surface area (Å²) in [5.74, 6) is 0. The average molecular weight is 230 g/mol. The number of aromatic nitrogens is 2. The molecule has 0 bridgehead atoms. The van der Waals surface area contributed by atoms with Crippen molar-refractivity contribution in [3.05, 3.63) is 47.7 Å². The summed E-state index contributed by atoms with van der Waals surface area (Å²) in [6.07, 6.45) is 2.02. The third-order valence-corrected chi connectivity index (χ3v) is 2.98. The first-order valence-corrected chi connectivity index (χ1v) is 5.47. The summed E-state index contributed by atoms with van der Waals surface area (Å²) in [4.78, 5) is 4.41. The molecule has 0 spiro atoms. The highest BCUT2D eigenvalue weighted by molar-refractivity contribution is 6.30. The van der Waals surface area contributed by atoms with E-state index in [1.165, 1.54) is 5.39 Å². The molecule has 0 saturated heterocycles. The second-order valence-corrected chi connectivity index (χ2v) is 4.22. The molecule has 0 radical (unpaired) electrons. The van der Waals surface area contributed by atoms with Gasteiger partial charge in [0.2, 0.25) is 5.52 Å². The Morgan fingerprint density at radius 1 is 1.06 bits per heavy atom. The van der Waals surface area contributed by atoms with Gasteiger partial charge in [0.25, 0.3) is 0 Å². The topological polar surface area (TPSA) is 16.8 Å². The van der Waals surface area contributed by atoms with Gasteiger partial charge in [-0.25, -0.2) is 4.98 Å². The van der Waals surface area contributed by atoms with E-state index >= 15 is 0 Å². The van der Waals surface area contributed by atoms with Gasteiger partial charge in [-0.05, 0) is 24.3 Å². The number of nitrogens with zero attached hydrogens (tertiary/aromatic N) is 2. The van der Waals surface area contributed by atoms with E-state index in [0.717, 1.165) is 16.4 Å². The summed E-state index contributed by atoms with van der Waals surface area (Å²) >= 11 is 5.95. The Labute approximate surface area is 98.1 Å². The molecule has 16 heavy (non-hydrogen) atoms. The normalized spacial score (nSPS) is 11.1. The largest absolute Gasteiger partial charge is 0.238 e. The molecule has 0 saturated carbocycles. The van der Waals surface area contributed by atoms with Crippen LogP contribution in [0, 0.1) is 0 Å². The third kappa shape index (κ3) is 1.34. The van der Waals surface area contributed by atoms with E-state index in [1.54, 1.807) is 0 Å². The Bertz CT molecular complexity index is 692. The van der Waals surface area contributed by atoms with Gasteiger partial charge in [0, 0.05) is 16.8 Å². The van der Waals surface area contributed by atoms with Crippen molar-refractivity contribution in [3.63, 3.8) is 0 Å². The molecular formula is C13H10ClN2+. The van der Waals surface area contributed by atoms with E-state index in [1.807, 2.05) is 31.4 Å². The van der Waals surface area contributed by atoms with Crippen LogP contribution in [0.25, 0.3) is 21.8 Å². The van der Waals surface area contributed by atoms with Crippen molar-refractivity contribution in [2.45, 2.75) is 0 Å². The Kier molecular flexibility index (Phi) is 2.04. The molecule has 0 fully saturated rings. The van der Waals surface area contributed by atoms with Gasteiger partial charge >= 0.3 is 0 Å². The fraction of sp³-hybridized carbons (Fsp3) is 0.0769. The molecule has 2 heterocycles. The molecule has 3 heteroatoms. The lowest BCUT2D eigenvalue weighted by atomic mass is 10.1. The second-order valence-electron chi connectivity index (χ2n) is 3.83. The van der Waals surface area contributed by atoms with Crippen LogP contribution >= 0.6 is 11.6 Å². The maximum atomic E-state index is 5.95. The van der Waals surface area contributed by atoms with Crippen LogP contribution in [0.3, 0.4) is 0 Å². The summed E-state index contributed by atoms with van der Waals surface area (Å²) in [7, 11) is 2.02. The van der Waals surface area contributed by atoms with E-state index in [-0.39, 0.29) is 0 Å². The predicted octanol–water partition coefficient (Wildman–Crippen LogP) is 2.87. The molecule has 3 aromatic rings. The quantitative estimate of drug-likeness (QED) is 0.329. The predicted molar refractivity (Wildman–Crippen MR) is 65.4 cm³/mol. The molecule has 1 aromatic carbocycles. The Morgan fingerprint density at radius 2 is 1.81 bits per heavy atom. The first-order valence-electron chi connectivity index (χ1n) is 5.09. The number of hydrogen-bond donors (Lipinski definition) is 0.